The fourth-order valence-corrected chi connectivity index (χ4v) is 3.14. The van der Waals surface area contributed by atoms with Gasteiger partial charge in [0.2, 0.25) is 0 Å². The summed E-state index contributed by atoms with van der Waals surface area (Å²) >= 11 is 0. The first-order chi connectivity index (χ1) is 11.1. The van der Waals surface area contributed by atoms with E-state index in [1.165, 1.54) is 4.40 Å². The number of amides is 1. The van der Waals surface area contributed by atoms with Crippen LogP contribution in [-0.4, -0.2) is 15.3 Å². The maximum Gasteiger partial charge on any atom is 0.265 e. The molecule has 0 radical (unpaired) electrons. The summed E-state index contributed by atoms with van der Waals surface area (Å²) in [7, 11) is 0. The number of aromatic nitrogens is 2. The number of nitrogens with two attached hydrogens (primary N) is 1. The fourth-order valence-electron chi connectivity index (χ4n) is 3.14. The maximum atomic E-state index is 12.9. The predicted octanol–water partition coefficient (Wildman–Crippen LogP) is 2.41. The molecule has 4 aromatic rings. The van der Waals surface area contributed by atoms with Gasteiger partial charge in [-0.25, -0.2) is 4.98 Å². The van der Waals surface area contributed by atoms with Crippen molar-refractivity contribution in [1.82, 2.24) is 9.38 Å². The van der Waals surface area contributed by atoms with Crippen molar-refractivity contribution >= 4 is 33.2 Å². The molecule has 0 bridgehead atoms. The Labute approximate surface area is 131 Å². The van der Waals surface area contributed by atoms with Crippen LogP contribution in [0.3, 0.4) is 0 Å². The molecule has 2 heterocycles. The highest BCUT2D eigenvalue weighted by molar-refractivity contribution is 6.11. The molecule has 0 fully saturated rings. The zero-order valence-corrected chi connectivity index (χ0v) is 12.4. The van der Waals surface area contributed by atoms with Crippen LogP contribution in [0.5, 0.6) is 0 Å². The Hall–Kier alpha value is -3.21. The van der Waals surface area contributed by atoms with E-state index >= 15 is 0 Å². The Morgan fingerprint density at radius 3 is 2.30 bits per heavy atom. The second-order valence-corrected chi connectivity index (χ2v) is 5.46. The number of fused-ring (bicyclic) bond motifs is 4. The van der Waals surface area contributed by atoms with E-state index in [9.17, 15) is 9.59 Å². The topological polar surface area (TPSA) is 77.5 Å². The van der Waals surface area contributed by atoms with Crippen LogP contribution in [-0.2, 0) is 0 Å². The second-order valence-electron chi connectivity index (χ2n) is 5.46. The van der Waals surface area contributed by atoms with Crippen LogP contribution in [0.15, 0.2) is 53.3 Å². The van der Waals surface area contributed by atoms with E-state index in [-0.39, 0.29) is 5.56 Å². The SMILES string of the molecule is Cc1c(C(N)=O)c2ccccc2c2nc3ccccc3c(=O)n12. The molecule has 0 spiro atoms. The lowest BCUT2D eigenvalue weighted by molar-refractivity contribution is 0.100. The van der Waals surface area contributed by atoms with Gasteiger partial charge in [0.15, 0.2) is 0 Å². The lowest BCUT2D eigenvalue weighted by Crippen LogP contribution is -2.23. The normalized spacial score (nSPS) is 11.3. The van der Waals surface area contributed by atoms with Gasteiger partial charge in [0.1, 0.15) is 5.65 Å². The Morgan fingerprint density at radius 1 is 1.00 bits per heavy atom. The van der Waals surface area contributed by atoms with Gasteiger partial charge in [-0.1, -0.05) is 36.4 Å². The molecule has 0 aliphatic carbocycles. The number of rotatable bonds is 1. The van der Waals surface area contributed by atoms with Crippen molar-refractivity contribution in [3.63, 3.8) is 0 Å². The summed E-state index contributed by atoms with van der Waals surface area (Å²) in [6, 6.07) is 14.5. The summed E-state index contributed by atoms with van der Waals surface area (Å²) < 4.78 is 1.48. The largest absolute Gasteiger partial charge is 0.366 e. The van der Waals surface area contributed by atoms with Gasteiger partial charge in [0.25, 0.3) is 11.5 Å². The Kier molecular flexibility index (Phi) is 2.72. The number of nitrogens with zero attached hydrogens (tertiary/aromatic N) is 2. The molecule has 5 nitrogen and oxygen atoms in total. The van der Waals surface area contributed by atoms with Gasteiger partial charge >= 0.3 is 0 Å². The third-order valence-corrected chi connectivity index (χ3v) is 4.16. The number of pyridine rings is 1. The molecule has 0 aliphatic heterocycles. The predicted molar refractivity (Wildman–Crippen MR) is 89.7 cm³/mol. The standard InChI is InChI=1S/C18H13N3O2/c1-10-15(16(19)22)11-6-2-3-7-12(11)17-20-14-9-5-4-8-13(14)18(23)21(10)17/h2-9H,1H3,(H2,19,22). The number of carbonyl (C=O) groups is 1. The van der Waals surface area contributed by atoms with Crippen LogP contribution in [0.25, 0.3) is 27.3 Å². The van der Waals surface area contributed by atoms with Crippen LogP contribution in [0.1, 0.15) is 16.1 Å². The zero-order valence-electron chi connectivity index (χ0n) is 12.4. The fraction of sp³-hybridized carbons (Fsp3) is 0.0556. The van der Waals surface area contributed by atoms with Crippen LogP contribution >= 0.6 is 0 Å². The molecule has 0 aliphatic rings. The molecule has 4 rings (SSSR count). The van der Waals surface area contributed by atoms with Crippen LogP contribution in [0.4, 0.5) is 0 Å². The zero-order chi connectivity index (χ0) is 16.1. The average molecular weight is 303 g/mol. The minimum atomic E-state index is -0.555. The van der Waals surface area contributed by atoms with E-state index < -0.39 is 5.91 Å². The maximum absolute atomic E-state index is 12.9. The third kappa shape index (κ3) is 1.76. The summed E-state index contributed by atoms with van der Waals surface area (Å²) in [5.74, 6) is -0.555. The van der Waals surface area contributed by atoms with Crippen molar-refractivity contribution < 1.29 is 4.79 Å². The van der Waals surface area contributed by atoms with E-state index in [1.54, 1.807) is 19.1 Å². The summed E-state index contributed by atoms with van der Waals surface area (Å²) in [4.78, 5) is 29.5. The molecular formula is C18H13N3O2. The lowest BCUT2D eigenvalue weighted by atomic mass is 10.0. The highest BCUT2D eigenvalue weighted by atomic mass is 16.1. The number of para-hydroxylation sites is 1. The smallest absolute Gasteiger partial charge is 0.265 e. The van der Waals surface area contributed by atoms with Crippen molar-refractivity contribution in [1.29, 1.82) is 0 Å². The number of benzene rings is 2. The van der Waals surface area contributed by atoms with Gasteiger partial charge in [-0.05, 0) is 24.4 Å². The monoisotopic (exact) mass is 303 g/mol. The summed E-state index contributed by atoms with van der Waals surface area (Å²) in [6.45, 7) is 1.72. The van der Waals surface area contributed by atoms with Gasteiger partial charge in [-0.2, -0.15) is 0 Å². The molecule has 0 atom stereocenters. The van der Waals surface area contributed by atoms with E-state index in [2.05, 4.69) is 4.98 Å². The molecule has 23 heavy (non-hydrogen) atoms. The van der Waals surface area contributed by atoms with E-state index in [0.717, 1.165) is 5.39 Å². The van der Waals surface area contributed by atoms with Crippen molar-refractivity contribution in [3.8, 4) is 0 Å². The van der Waals surface area contributed by atoms with Crippen LogP contribution < -0.4 is 11.3 Å². The highest BCUT2D eigenvalue weighted by Gasteiger charge is 2.18. The van der Waals surface area contributed by atoms with E-state index in [4.69, 9.17) is 5.73 Å². The molecule has 0 unspecified atom stereocenters. The first kappa shape index (κ1) is 13.5. The Bertz CT molecular complexity index is 1180. The Morgan fingerprint density at radius 2 is 1.61 bits per heavy atom. The van der Waals surface area contributed by atoms with E-state index in [1.807, 2.05) is 36.4 Å². The number of primary amides is 1. The minimum Gasteiger partial charge on any atom is -0.366 e. The van der Waals surface area contributed by atoms with Crippen molar-refractivity contribution in [3.05, 3.63) is 70.1 Å². The van der Waals surface area contributed by atoms with Gasteiger partial charge in [0, 0.05) is 11.1 Å². The molecule has 2 aromatic carbocycles. The van der Waals surface area contributed by atoms with Gasteiger partial charge in [-0.15, -0.1) is 0 Å². The molecule has 112 valence electrons. The number of hydrogen-bond donors (Lipinski definition) is 1. The lowest BCUT2D eigenvalue weighted by Gasteiger charge is -2.14. The van der Waals surface area contributed by atoms with E-state index in [0.29, 0.717) is 33.2 Å². The highest BCUT2D eigenvalue weighted by Crippen LogP contribution is 2.25. The van der Waals surface area contributed by atoms with Crippen LogP contribution in [0, 0.1) is 6.92 Å². The number of aryl methyl sites for hydroxylation is 1. The van der Waals surface area contributed by atoms with Crippen molar-refractivity contribution in [2.45, 2.75) is 6.92 Å². The summed E-state index contributed by atoms with van der Waals surface area (Å²) in [5.41, 5.74) is 7.39. The molecule has 2 N–H and O–H groups in total. The number of carbonyl (C=O) groups excluding carboxylic acids is 1. The van der Waals surface area contributed by atoms with Crippen molar-refractivity contribution in [2.24, 2.45) is 5.73 Å². The number of hydrogen-bond acceptors (Lipinski definition) is 3. The molecule has 5 heteroatoms. The van der Waals surface area contributed by atoms with Gasteiger partial charge < -0.3 is 5.73 Å². The minimum absolute atomic E-state index is 0.198. The molecule has 0 saturated heterocycles. The molecule has 2 aromatic heterocycles. The van der Waals surface area contributed by atoms with Gasteiger partial charge in [-0.3, -0.25) is 14.0 Å². The molecular weight excluding hydrogens is 290 g/mol. The quantitative estimate of drug-likeness (QED) is 0.433. The summed E-state index contributed by atoms with van der Waals surface area (Å²) in [5, 5.41) is 1.95. The summed E-state index contributed by atoms with van der Waals surface area (Å²) in [6.07, 6.45) is 0. The van der Waals surface area contributed by atoms with Crippen LogP contribution in [0.2, 0.25) is 0 Å². The third-order valence-electron chi connectivity index (χ3n) is 4.16. The van der Waals surface area contributed by atoms with Gasteiger partial charge in [0.05, 0.1) is 16.5 Å². The molecule has 0 saturated carbocycles. The average Bonchev–Trinajstić information content (AvgIpc) is 2.54. The second kappa shape index (κ2) is 4.64. The first-order valence-corrected chi connectivity index (χ1v) is 7.22. The molecule has 1 amide bonds. The van der Waals surface area contributed by atoms with Crippen molar-refractivity contribution in [2.75, 3.05) is 0 Å². The Balaban J connectivity index is 2.41. The first-order valence-electron chi connectivity index (χ1n) is 7.22.